The molecule has 0 unspecified atom stereocenters. The first-order valence-electron chi connectivity index (χ1n) is 11.3. The smallest absolute Gasteiger partial charge is 0.263 e. The van der Waals surface area contributed by atoms with Crippen LogP contribution in [-0.4, -0.2) is 41.0 Å². The van der Waals surface area contributed by atoms with Gasteiger partial charge in [-0.25, -0.2) is 8.42 Å². The molecular formula is C26H29N3O3S. The van der Waals surface area contributed by atoms with Crippen LogP contribution in [0, 0.1) is 6.92 Å². The first-order valence-corrected chi connectivity index (χ1v) is 12.7. The minimum Gasteiger partial charge on any atom is -0.290 e. The van der Waals surface area contributed by atoms with Gasteiger partial charge in [-0.3, -0.25) is 14.1 Å². The second-order valence-electron chi connectivity index (χ2n) is 9.77. The Morgan fingerprint density at radius 2 is 1.73 bits per heavy atom. The number of sulfonamides is 1. The second kappa shape index (κ2) is 7.94. The number of pyridine rings is 1. The van der Waals surface area contributed by atoms with Crippen molar-refractivity contribution in [1.29, 1.82) is 0 Å². The molecule has 3 aromatic rings. The van der Waals surface area contributed by atoms with Crippen LogP contribution in [0.1, 0.15) is 44.5 Å². The molecule has 2 aromatic carbocycles. The van der Waals surface area contributed by atoms with Gasteiger partial charge in [-0.2, -0.15) is 5.06 Å². The zero-order valence-corrected chi connectivity index (χ0v) is 20.2. The lowest BCUT2D eigenvalue weighted by atomic mass is 9.94. The summed E-state index contributed by atoms with van der Waals surface area (Å²) in [5.74, 6) is 0. The molecule has 2 aliphatic heterocycles. The molecule has 0 bridgehead atoms. The Morgan fingerprint density at radius 3 is 2.45 bits per heavy atom. The molecule has 0 aliphatic carbocycles. The maximum absolute atomic E-state index is 13.4. The zero-order chi connectivity index (χ0) is 23.4. The molecule has 1 saturated heterocycles. The van der Waals surface area contributed by atoms with Crippen molar-refractivity contribution >= 4 is 20.9 Å². The Kier molecular flexibility index (Phi) is 5.31. The summed E-state index contributed by atoms with van der Waals surface area (Å²) in [5.41, 5.74) is 3.42. The van der Waals surface area contributed by atoms with Crippen molar-refractivity contribution in [3.05, 3.63) is 83.7 Å². The summed E-state index contributed by atoms with van der Waals surface area (Å²) in [6, 6.07) is 18.8. The Morgan fingerprint density at radius 1 is 1.00 bits per heavy atom. The minimum absolute atomic E-state index is 0.174. The quantitative estimate of drug-likeness (QED) is 0.548. The fourth-order valence-electron chi connectivity index (χ4n) is 4.52. The maximum atomic E-state index is 13.4. The molecule has 0 N–H and O–H groups in total. The van der Waals surface area contributed by atoms with E-state index in [0.29, 0.717) is 17.9 Å². The third kappa shape index (κ3) is 3.94. The third-order valence-electron chi connectivity index (χ3n) is 6.26. The molecule has 0 saturated carbocycles. The van der Waals surface area contributed by atoms with E-state index in [2.05, 4.69) is 26.8 Å². The number of nitrogens with zero attached hydrogens (tertiary/aromatic N) is 3. The van der Waals surface area contributed by atoms with Gasteiger partial charge in [0.15, 0.2) is 0 Å². The van der Waals surface area contributed by atoms with E-state index in [-0.39, 0.29) is 17.7 Å². The second-order valence-corrected chi connectivity index (χ2v) is 11.7. The van der Waals surface area contributed by atoms with Crippen LogP contribution in [0.4, 0.5) is 0 Å². The van der Waals surface area contributed by atoms with Gasteiger partial charge in [0, 0.05) is 29.2 Å². The molecule has 0 radical (unpaired) electrons. The number of fused-ring (bicyclic) bond motifs is 2. The maximum Gasteiger partial charge on any atom is 0.263 e. The SMILES string of the molecule is Cc1ccc(S(=O)(=O)N2C=C3[C@H](CC2)ON(C(C)(C)C)[C@H]3c2ccc3ccccc3n2)cc1. The highest BCUT2D eigenvalue weighted by atomic mass is 32.2. The number of aromatic nitrogens is 1. The molecular weight excluding hydrogens is 434 g/mol. The van der Waals surface area contributed by atoms with Crippen LogP contribution in [0.2, 0.25) is 0 Å². The fraction of sp³-hybridized carbons (Fsp3) is 0.346. The standard InChI is InChI=1S/C26H29N3O3S/c1-18-9-12-20(13-10-18)33(30,31)28-16-15-24-21(17-28)25(29(32-24)26(2,3)4)23-14-11-19-7-5-6-8-22(19)27-23/h5-14,17,24-25H,15-16H2,1-4H3/t24-,25+/m0/s1. The average molecular weight is 464 g/mol. The van der Waals surface area contributed by atoms with E-state index in [9.17, 15) is 8.42 Å². The van der Waals surface area contributed by atoms with Crippen molar-refractivity contribution in [3.63, 3.8) is 0 Å². The molecule has 2 aliphatic rings. The van der Waals surface area contributed by atoms with Crippen molar-refractivity contribution in [2.24, 2.45) is 0 Å². The number of benzene rings is 2. The monoisotopic (exact) mass is 463 g/mol. The van der Waals surface area contributed by atoms with Gasteiger partial charge >= 0.3 is 0 Å². The molecule has 6 nitrogen and oxygen atoms in total. The van der Waals surface area contributed by atoms with E-state index in [1.165, 1.54) is 4.31 Å². The van der Waals surface area contributed by atoms with E-state index in [1.54, 1.807) is 18.3 Å². The van der Waals surface area contributed by atoms with Crippen molar-refractivity contribution in [1.82, 2.24) is 14.4 Å². The van der Waals surface area contributed by atoms with Crippen LogP contribution in [0.25, 0.3) is 10.9 Å². The van der Waals surface area contributed by atoms with Gasteiger partial charge in [0.25, 0.3) is 10.0 Å². The third-order valence-corrected chi connectivity index (χ3v) is 8.03. The van der Waals surface area contributed by atoms with Crippen molar-refractivity contribution in [3.8, 4) is 0 Å². The number of aryl methyl sites for hydroxylation is 1. The molecule has 0 spiro atoms. The van der Waals surface area contributed by atoms with E-state index in [0.717, 1.165) is 27.7 Å². The molecule has 1 aromatic heterocycles. The van der Waals surface area contributed by atoms with Crippen molar-refractivity contribution in [2.45, 2.75) is 56.7 Å². The first kappa shape index (κ1) is 22.1. The fourth-order valence-corrected chi connectivity index (χ4v) is 5.88. The lowest BCUT2D eigenvalue weighted by molar-refractivity contribution is -0.214. The lowest BCUT2D eigenvalue weighted by Gasteiger charge is -2.34. The van der Waals surface area contributed by atoms with Crippen LogP contribution in [0.15, 0.2) is 77.3 Å². The van der Waals surface area contributed by atoms with Gasteiger partial charge in [-0.15, -0.1) is 0 Å². The Hall–Kier alpha value is -2.74. The number of hydroxylamine groups is 2. The van der Waals surface area contributed by atoms with E-state index < -0.39 is 10.0 Å². The average Bonchev–Trinajstić information content (AvgIpc) is 3.18. The summed E-state index contributed by atoms with van der Waals surface area (Å²) in [7, 11) is -3.65. The predicted octanol–water partition coefficient (Wildman–Crippen LogP) is 4.98. The Balaban J connectivity index is 1.59. The topological polar surface area (TPSA) is 62.7 Å². The van der Waals surface area contributed by atoms with Crippen LogP contribution in [-0.2, 0) is 14.9 Å². The molecule has 172 valence electrons. The molecule has 5 rings (SSSR count). The lowest BCUT2D eigenvalue weighted by Crippen LogP contribution is -2.40. The Bertz CT molecular complexity index is 1330. The summed E-state index contributed by atoms with van der Waals surface area (Å²) in [6.07, 6.45) is 2.19. The van der Waals surface area contributed by atoms with Crippen LogP contribution < -0.4 is 0 Å². The molecule has 1 fully saturated rings. The summed E-state index contributed by atoms with van der Waals surface area (Å²) < 4.78 is 28.3. The summed E-state index contributed by atoms with van der Waals surface area (Å²) in [5, 5.41) is 3.04. The molecule has 33 heavy (non-hydrogen) atoms. The van der Waals surface area contributed by atoms with Crippen LogP contribution in [0.3, 0.4) is 0 Å². The van der Waals surface area contributed by atoms with E-state index in [1.807, 2.05) is 54.5 Å². The predicted molar refractivity (Wildman–Crippen MR) is 129 cm³/mol. The minimum atomic E-state index is -3.65. The van der Waals surface area contributed by atoms with Crippen LogP contribution in [0.5, 0.6) is 0 Å². The van der Waals surface area contributed by atoms with Gasteiger partial charge in [0.05, 0.1) is 16.1 Å². The number of rotatable bonds is 3. The summed E-state index contributed by atoms with van der Waals surface area (Å²) in [4.78, 5) is 11.6. The van der Waals surface area contributed by atoms with Crippen LogP contribution >= 0.6 is 0 Å². The highest BCUT2D eigenvalue weighted by molar-refractivity contribution is 7.89. The van der Waals surface area contributed by atoms with E-state index in [4.69, 9.17) is 9.82 Å². The largest absolute Gasteiger partial charge is 0.290 e. The first-order chi connectivity index (χ1) is 15.6. The molecule has 2 atom stereocenters. The van der Waals surface area contributed by atoms with Gasteiger partial charge < -0.3 is 0 Å². The van der Waals surface area contributed by atoms with Crippen molar-refractivity contribution < 1.29 is 13.3 Å². The molecule has 0 amide bonds. The number of hydrogen-bond donors (Lipinski definition) is 0. The van der Waals surface area contributed by atoms with Gasteiger partial charge in [0.1, 0.15) is 12.1 Å². The van der Waals surface area contributed by atoms with Gasteiger partial charge in [0.2, 0.25) is 0 Å². The summed E-state index contributed by atoms with van der Waals surface area (Å²) in [6.45, 7) is 8.61. The van der Waals surface area contributed by atoms with Gasteiger partial charge in [-0.05, 0) is 58.4 Å². The molecule has 7 heteroatoms. The number of hydrogen-bond acceptors (Lipinski definition) is 5. The summed E-state index contributed by atoms with van der Waals surface area (Å²) >= 11 is 0. The highest BCUT2D eigenvalue weighted by Gasteiger charge is 2.47. The zero-order valence-electron chi connectivity index (χ0n) is 19.4. The Labute approximate surface area is 195 Å². The normalized spacial score (nSPS) is 21.8. The highest BCUT2D eigenvalue weighted by Crippen LogP contribution is 2.45. The van der Waals surface area contributed by atoms with Gasteiger partial charge in [-0.1, -0.05) is 42.0 Å². The molecule has 3 heterocycles. The van der Waals surface area contributed by atoms with E-state index >= 15 is 0 Å². The van der Waals surface area contributed by atoms with Crippen molar-refractivity contribution in [2.75, 3.05) is 6.54 Å². The number of para-hydroxylation sites is 1.